The molecule has 0 spiro atoms. The molecule has 0 heterocycles. The summed E-state index contributed by atoms with van der Waals surface area (Å²) in [5.74, 6) is 0.592. The molecule has 1 aromatic rings. The molecule has 0 aliphatic rings. The Morgan fingerprint density at radius 3 is 2.61 bits per heavy atom. The number of hydrogen-bond acceptors (Lipinski definition) is 3. The third-order valence-corrected chi connectivity index (χ3v) is 2.79. The lowest BCUT2D eigenvalue weighted by atomic mass is 10.0. The lowest BCUT2D eigenvalue weighted by Crippen LogP contribution is -2.49. The van der Waals surface area contributed by atoms with Crippen LogP contribution >= 0.6 is 0 Å². The summed E-state index contributed by atoms with van der Waals surface area (Å²) in [5, 5.41) is 6.04. The van der Waals surface area contributed by atoms with E-state index in [1.165, 1.54) is 0 Å². The van der Waals surface area contributed by atoms with E-state index in [0.29, 0.717) is 11.4 Å². The van der Waals surface area contributed by atoms with Crippen LogP contribution in [0.2, 0.25) is 0 Å². The van der Waals surface area contributed by atoms with Gasteiger partial charge in [-0.05, 0) is 45.0 Å². The SMILES string of the molecule is CCNC(C)(C)C(=O)Nc1cc(C)ccc1OC. The summed E-state index contributed by atoms with van der Waals surface area (Å²) in [6.07, 6.45) is 0. The molecule has 1 amide bonds. The van der Waals surface area contributed by atoms with E-state index < -0.39 is 5.54 Å². The third-order valence-electron chi connectivity index (χ3n) is 2.79. The smallest absolute Gasteiger partial charge is 0.244 e. The first-order chi connectivity index (χ1) is 8.40. The van der Waals surface area contributed by atoms with Gasteiger partial charge >= 0.3 is 0 Å². The van der Waals surface area contributed by atoms with Crippen LogP contribution in [0.3, 0.4) is 0 Å². The number of benzene rings is 1. The highest BCUT2D eigenvalue weighted by Gasteiger charge is 2.26. The molecular weight excluding hydrogens is 228 g/mol. The summed E-state index contributed by atoms with van der Waals surface area (Å²) in [5.41, 5.74) is 1.17. The number of carbonyl (C=O) groups is 1. The third kappa shape index (κ3) is 3.47. The van der Waals surface area contributed by atoms with E-state index in [-0.39, 0.29) is 5.91 Å². The highest BCUT2D eigenvalue weighted by Crippen LogP contribution is 2.26. The molecule has 2 N–H and O–H groups in total. The molecule has 4 nitrogen and oxygen atoms in total. The molecule has 0 bridgehead atoms. The normalized spacial score (nSPS) is 11.2. The molecule has 0 aliphatic heterocycles. The average molecular weight is 250 g/mol. The zero-order valence-electron chi connectivity index (χ0n) is 11.8. The zero-order valence-corrected chi connectivity index (χ0v) is 11.8. The highest BCUT2D eigenvalue weighted by atomic mass is 16.5. The van der Waals surface area contributed by atoms with Crippen molar-refractivity contribution >= 4 is 11.6 Å². The van der Waals surface area contributed by atoms with E-state index in [1.807, 2.05) is 45.9 Å². The van der Waals surface area contributed by atoms with Crippen molar-refractivity contribution < 1.29 is 9.53 Å². The summed E-state index contributed by atoms with van der Waals surface area (Å²) in [7, 11) is 1.59. The van der Waals surface area contributed by atoms with Crippen LogP contribution in [-0.2, 0) is 4.79 Å². The molecule has 0 saturated heterocycles. The van der Waals surface area contributed by atoms with Crippen molar-refractivity contribution in [3.63, 3.8) is 0 Å². The Hall–Kier alpha value is -1.55. The Kier molecular flexibility index (Phi) is 4.73. The maximum Gasteiger partial charge on any atom is 0.244 e. The number of methoxy groups -OCH3 is 1. The fourth-order valence-corrected chi connectivity index (χ4v) is 1.72. The van der Waals surface area contributed by atoms with Crippen LogP contribution in [0.4, 0.5) is 5.69 Å². The Balaban J connectivity index is 2.90. The maximum absolute atomic E-state index is 12.2. The van der Waals surface area contributed by atoms with Crippen LogP contribution in [-0.4, -0.2) is 25.1 Å². The first kappa shape index (κ1) is 14.5. The fourth-order valence-electron chi connectivity index (χ4n) is 1.72. The number of nitrogens with one attached hydrogen (secondary N) is 2. The Labute approximate surface area is 109 Å². The summed E-state index contributed by atoms with van der Waals surface area (Å²) >= 11 is 0. The predicted octanol–water partition coefficient (Wildman–Crippen LogP) is 2.33. The minimum atomic E-state index is -0.608. The lowest BCUT2D eigenvalue weighted by Gasteiger charge is -2.25. The number of ether oxygens (including phenoxy) is 1. The number of anilines is 1. The first-order valence-electron chi connectivity index (χ1n) is 6.12. The minimum absolute atomic E-state index is 0.0757. The minimum Gasteiger partial charge on any atom is -0.495 e. The first-order valence-corrected chi connectivity index (χ1v) is 6.12. The van der Waals surface area contributed by atoms with Gasteiger partial charge in [0.2, 0.25) is 5.91 Å². The van der Waals surface area contributed by atoms with E-state index in [4.69, 9.17) is 4.74 Å². The van der Waals surface area contributed by atoms with Gasteiger partial charge in [0, 0.05) is 0 Å². The second kappa shape index (κ2) is 5.87. The van der Waals surface area contributed by atoms with Gasteiger partial charge in [0.1, 0.15) is 5.75 Å². The Bertz CT molecular complexity index is 428. The fraction of sp³-hybridized carbons (Fsp3) is 0.500. The van der Waals surface area contributed by atoms with Crippen LogP contribution in [0.25, 0.3) is 0 Å². The summed E-state index contributed by atoms with van der Waals surface area (Å²) in [4.78, 5) is 12.2. The van der Waals surface area contributed by atoms with Crippen LogP contribution in [0.1, 0.15) is 26.3 Å². The van der Waals surface area contributed by atoms with E-state index in [9.17, 15) is 4.79 Å². The van der Waals surface area contributed by atoms with Crippen molar-refractivity contribution in [2.75, 3.05) is 19.0 Å². The molecule has 100 valence electrons. The van der Waals surface area contributed by atoms with Gasteiger partial charge in [-0.3, -0.25) is 4.79 Å². The number of hydrogen-bond donors (Lipinski definition) is 2. The van der Waals surface area contributed by atoms with Crippen molar-refractivity contribution in [2.24, 2.45) is 0 Å². The molecule has 1 rings (SSSR count). The number of likely N-dealkylation sites (N-methyl/N-ethyl adjacent to an activating group) is 1. The standard InChI is InChI=1S/C14H22N2O2/c1-6-15-14(3,4)13(17)16-11-9-10(2)7-8-12(11)18-5/h7-9,15H,6H2,1-5H3,(H,16,17). The van der Waals surface area contributed by atoms with Gasteiger partial charge < -0.3 is 15.4 Å². The quantitative estimate of drug-likeness (QED) is 0.843. The molecule has 0 saturated carbocycles. The second-order valence-corrected chi connectivity index (χ2v) is 4.81. The number of aryl methyl sites for hydroxylation is 1. The van der Waals surface area contributed by atoms with Gasteiger partial charge in [-0.1, -0.05) is 13.0 Å². The van der Waals surface area contributed by atoms with Crippen LogP contribution in [0.5, 0.6) is 5.75 Å². The second-order valence-electron chi connectivity index (χ2n) is 4.81. The number of carbonyl (C=O) groups excluding carboxylic acids is 1. The number of rotatable bonds is 5. The number of amides is 1. The van der Waals surface area contributed by atoms with Gasteiger partial charge in [0.15, 0.2) is 0 Å². The average Bonchev–Trinajstić information content (AvgIpc) is 2.29. The summed E-state index contributed by atoms with van der Waals surface area (Å²) in [6, 6.07) is 5.70. The van der Waals surface area contributed by atoms with Gasteiger partial charge in [0.25, 0.3) is 0 Å². The molecule has 0 fully saturated rings. The van der Waals surface area contributed by atoms with E-state index in [2.05, 4.69) is 10.6 Å². The lowest BCUT2D eigenvalue weighted by molar-refractivity contribution is -0.121. The summed E-state index contributed by atoms with van der Waals surface area (Å²) < 4.78 is 5.24. The van der Waals surface area contributed by atoms with Crippen LogP contribution < -0.4 is 15.4 Å². The Morgan fingerprint density at radius 2 is 2.06 bits per heavy atom. The van der Waals surface area contributed by atoms with E-state index in [0.717, 1.165) is 12.1 Å². The topological polar surface area (TPSA) is 50.4 Å². The van der Waals surface area contributed by atoms with E-state index >= 15 is 0 Å². The van der Waals surface area contributed by atoms with Crippen molar-refractivity contribution in [3.8, 4) is 5.75 Å². The van der Waals surface area contributed by atoms with E-state index in [1.54, 1.807) is 7.11 Å². The molecule has 0 aliphatic carbocycles. The monoisotopic (exact) mass is 250 g/mol. The molecule has 18 heavy (non-hydrogen) atoms. The molecule has 0 aromatic heterocycles. The Morgan fingerprint density at radius 1 is 1.39 bits per heavy atom. The molecular formula is C14H22N2O2. The molecule has 0 atom stereocenters. The van der Waals surface area contributed by atoms with Gasteiger partial charge in [-0.2, -0.15) is 0 Å². The molecule has 0 unspecified atom stereocenters. The van der Waals surface area contributed by atoms with Gasteiger partial charge in [-0.15, -0.1) is 0 Å². The predicted molar refractivity (Wildman–Crippen MR) is 74.1 cm³/mol. The largest absolute Gasteiger partial charge is 0.495 e. The maximum atomic E-state index is 12.2. The van der Waals surface area contributed by atoms with Crippen molar-refractivity contribution in [2.45, 2.75) is 33.2 Å². The molecule has 4 heteroatoms. The van der Waals surface area contributed by atoms with Crippen LogP contribution in [0.15, 0.2) is 18.2 Å². The van der Waals surface area contributed by atoms with Crippen molar-refractivity contribution in [1.82, 2.24) is 5.32 Å². The molecule has 0 radical (unpaired) electrons. The van der Waals surface area contributed by atoms with Crippen LogP contribution in [0, 0.1) is 6.92 Å². The van der Waals surface area contributed by atoms with Crippen molar-refractivity contribution in [3.05, 3.63) is 23.8 Å². The zero-order chi connectivity index (χ0) is 13.8. The highest BCUT2D eigenvalue weighted by molar-refractivity contribution is 5.98. The van der Waals surface area contributed by atoms with Crippen molar-refractivity contribution in [1.29, 1.82) is 0 Å². The molecule has 1 aromatic carbocycles. The van der Waals surface area contributed by atoms with Gasteiger partial charge in [0.05, 0.1) is 18.3 Å². The van der Waals surface area contributed by atoms with Gasteiger partial charge in [-0.25, -0.2) is 0 Å². The summed E-state index contributed by atoms with van der Waals surface area (Å²) in [6.45, 7) is 8.40.